The molecule has 0 atom stereocenters. The van der Waals surface area contributed by atoms with Gasteiger partial charge in [0.2, 0.25) is 0 Å². The van der Waals surface area contributed by atoms with Crippen molar-refractivity contribution in [1.82, 2.24) is 0 Å². The van der Waals surface area contributed by atoms with Crippen molar-refractivity contribution in [2.75, 3.05) is 11.1 Å². The van der Waals surface area contributed by atoms with Gasteiger partial charge in [-0.15, -0.1) is 0 Å². The van der Waals surface area contributed by atoms with Crippen LogP contribution >= 0.6 is 0 Å². The van der Waals surface area contributed by atoms with Gasteiger partial charge in [-0.2, -0.15) is 0 Å². The van der Waals surface area contributed by atoms with Crippen LogP contribution in [-0.2, 0) is 0 Å². The molecule has 0 aliphatic rings. The van der Waals surface area contributed by atoms with E-state index in [-0.39, 0.29) is 5.69 Å². The zero-order valence-corrected chi connectivity index (χ0v) is 10.2. The fourth-order valence-corrected chi connectivity index (χ4v) is 1.67. The number of hydrogen-bond donors (Lipinski definition) is 2. The predicted molar refractivity (Wildman–Crippen MR) is 69.9 cm³/mol. The molecule has 0 fully saturated rings. The predicted octanol–water partition coefficient (Wildman–Crippen LogP) is 3.11. The summed E-state index contributed by atoms with van der Waals surface area (Å²) in [6.07, 6.45) is 0. The van der Waals surface area contributed by atoms with Crippen molar-refractivity contribution in [3.05, 3.63) is 59.2 Å². The van der Waals surface area contributed by atoms with Crippen LogP contribution < -0.4 is 11.1 Å². The van der Waals surface area contributed by atoms with Crippen LogP contribution in [0.5, 0.6) is 0 Å². The third kappa shape index (κ3) is 2.70. The molecule has 98 valence electrons. The third-order valence-electron chi connectivity index (χ3n) is 2.80. The SMILES string of the molecule is Cc1c(N)cccc1C(=O)Nc1ccc(F)c(F)c1. The third-order valence-corrected chi connectivity index (χ3v) is 2.80. The van der Waals surface area contributed by atoms with E-state index < -0.39 is 17.5 Å². The average Bonchev–Trinajstić information content (AvgIpc) is 2.37. The maximum atomic E-state index is 13.0. The number of anilines is 2. The van der Waals surface area contributed by atoms with Gasteiger partial charge in [0.1, 0.15) is 0 Å². The highest BCUT2D eigenvalue weighted by Crippen LogP contribution is 2.18. The largest absolute Gasteiger partial charge is 0.398 e. The summed E-state index contributed by atoms with van der Waals surface area (Å²) in [5, 5.41) is 2.49. The van der Waals surface area contributed by atoms with Crippen molar-refractivity contribution < 1.29 is 13.6 Å². The van der Waals surface area contributed by atoms with E-state index in [4.69, 9.17) is 5.73 Å². The molecule has 0 aliphatic carbocycles. The number of hydrogen-bond acceptors (Lipinski definition) is 2. The highest BCUT2D eigenvalue weighted by molar-refractivity contribution is 6.06. The lowest BCUT2D eigenvalue weighted by atomic mass is 10.1. The van der Waals surface area contributed by atoms with Crippen molar-refractivity contribution in [2.45, 2.75) is 6.92 Å². The van der Waals surface area contributed by atoms with Gasteiger partial charge in [-0.25, -0.2) is 8.78 Å². The smallest absolute Gasteiger partial charge is 0.256 e. The molecule has 5 heteroatoms. The number of amides is 1. The van der Waals surface area contributed by atoms with Crippen LogP contribution in [0.4, 0.5) is 20.2 Å². The first-order valence-corrected chi connectivity index (χ1v) is 5.60. The van der Waals surface area contributed by atoms with E-state index in [0.29, 0.717) is 16.8 Å². The number of carbonyl (C=O) groups is 1. The van der Waals surface area contributed by atoms with Gasteiger partial charge in [0.05, 0.1) is 0 Å². The first-order valence-electron chi connectivity index (χ1n) is 5.60. The molecule has 0 radical (unpaired) electrons. The molecule has 0 heterocycles. The van der Waals surface area contributed by atoms with E-state index in [1.54, 1.807) is 25.1 Å². The first-order chi connectivity index (χ1) is 8.99. The van der Waals surface area contributed by atoms with Gasteiger partial charge >= 0.3 is 0 Å². The Hall–Kier alpha value is -2.43. The second kappa shape index (κ2) is 5.06. The number of nitrogens with two attached hydrogens (primary N) is 1. The molecule has 2 aromatic carbocycles. The number of benzene rings is 2. The van der Waals surface area contributed by atoms with E-state index in [9.17, 15) is 13.6 Å². The molecule has 1 amide bonds. The maximum absolute atomic E-state index is 13.0. The Bertz CT molecular complexity index is 641. The molecule has 0 unspecified atom stereocenters. The quantitative estimate of drug-likeness (QED) is 0.817. The van der Waals surface area contributed by atoms with Crippen LogP contribution in [0.25, 0.3) is 0 Å². The van der Waals surface area contributed by atoms with E-state index in [2.05, 4.69) is 5.32 Å². The molecule has 19 heavy (non-hydrogen) atoms. The Balaban J connectivity index is 2.26. The molecular weight excluding hydrogens is 250 g/mol. The maximum Gasteiger partial charge on any atom is 0.256 e. The van der Waals surface area contributed by atoms with E-state index in [0.717, 1.165) is 12.1 Å². The van der Waals surface area contributed by atoms with Crippen LogP contribution in [0.3, 0.4) is 0 Å². The van der Waals surface area contributed by atoms with Crippen LogP contribution in [0, 0.1) is 18.6 Å². The molecule has 3 N–H and O–H groups in total. The molecule has 0 saturated heterocycles. The topological polar surface area (TPSA) is 55.1 Å². The molecule has 2 rings (SSSR count). The number of halogens is 2. The lowest BCUT2D eigenvalue weighted by Gasteiger charge is -2.09. The van der Waals surface area contributed by atoms with Gasteiger partial charge in [0, 0.05) is 23.0 Å². The van der Waals surface area contributed by atoms with Gasteiger partial charge < -0.3 is 11.1 Å². The van der Waals surface area contributed by atoms with E-state index >= 15 is 0 Å². The minimum atomic E-state index is -1.01. The minimum absolute atomic E-state index is 0.186. The number of rotatable bonds is 2. The van der Waals surface area contributed by atoms with Gasteiger partial charge in [-0.3, -0.25) is 4.79 Å². The van der Waals surface area contributed by atoms with Crippen LogP contribution in [0.1, 0.15) is 15.9 Å². The second-order valence-electron chi connectivity index (χ2n) is 4.10. The molecular formula is C14H12F2N2O. The molecule has 0 aliphatic heterocycles. The Morgan fingerprint density at radius 2 is 1.89 bits per heavy atom. The summed E-state index contributed by atoms with van der Waals surface area (Å²) in [5.74, 6) is -2.39. The lowest BCUT2D eigenvalue weighted by Crippen LogP contribution is -2.14. The van der Waals surface area contributed by atoms with Crippen LogP contribution in [-0.4, -0.2) is 5.91 Å². The summed E-state index contributed by atoms with van der Waals surface area (Å²) in [6, 6.07) is 8.12. The fourth-order valence-electron chi connectivity index (χ4n) is 1.67. The zero-order chi connectivity index (χ0) is 14.0. The Morgan fingerprint density at radius 3 is 2.58 bits per heavy atom. The van der Waals surface area contributed by atoms with Crippen molar-refractivity contribution >= 4 is 17.3 Å². The number of nitrogen functional groups attached to an aromatic ring is 1. The molecule has 0 saturated carbocycles. The zero-order valence-electron chi connectivity index (χ0n) is 10.2. The Morgan fingerprint density at radius 1 is 1.16 bits per heavy atom. The van der Waals surface area contributed by atoms with Crippen LogP contribution in [0.15, 0.2) is 36.4 Å². The Labute approximate surface area is 109 Å². The first kappa shape index (κ1) is 13.0. The lowest BCUT2D eigenvalue weighted by molar-refractivity contribution is 0.102. The highest BCUT2D eigenvalue weighted by Gasteiger charge is 2.11. The minimum Gasteiger partial charge on any atom is -0.398 e. The normalized spacial score (nSPS) is 10.3. The van der Waals surface area contributed by atoms with Crippen LogP contribution in [0.2, 0.25) is 0 Å². The molecule has 0 spiro atoms. The number of nitrogens with one attached hydrogen (secondary N) is 1. The van der Waals surface area contributed by atoms with Gasteiger partial charge in [-0.05, 0) is 36.8 Å². The molecule has 0 bridgehead atoms. The summed E-state index contributed by atoms with van der Waals surface area (Å²) in [7, 11) is 0. The summed E-state index contributed by atoms with van der Waals surface area (Å²) < 4.78 is 25.8. The Kier molecular flexibility index (Phi) is 3.46. The fraction of sp³-hybridized carbons (Fsp3) is 0.0714. The summed E-state index contributed by atoms with van der Waals surface area (Å²) in [5.41, 5.74) is 7.42. The van der Waals surface area contributed by atoms with Gasteiger partial charge in [0.15, 0.2) is 11.6 Å². The van der Waals surface area contributed by atoms with Gasteiger partial charge in [-0.1, -0.05) is 6.07 Å². The van der Waals surface area contributed by atoms with E-state index in [1.807, 2.05) is 0 Å². The molecule has 3 nitrogen and oxygen atoms in total. The van der Waals surface area contributed by atoms with Crippen molar-refractivity contribution in [1.29, 1.82) is 0 Å². The van der Waals surface area contributed by atoms with E-state index in [1.165, 1.54) is 6.07 Å². The highest BCUT2D eigenvalue weighted by atomic mass is 19.2. The second-order valence-corrected chi connectivity index (χ2v) is 4.10. The molecule has 2 aromatic rings. The average molecular weight is 262 g/mol. The molecule has 0 aromatic heterocycles. The summed E-state index contributed by atoms with van der Waals surface area (Å²) in [4.78, 5) is 12.0. The van der Waals surface area contributed by atoms with Crippen molar-refractivity contribution in [2.24, 2.45) is 0 Å². The number of carbonyl (C=O) groups excluding carboxylic acids is 1. The summed E-state index contributed by atoms with van der Waals surface area (Å²) in [6.45, 7) is 1.72. The van der Waals surface area contributed by atoms with Crippen molar-refractivity contribution in [3.8, 4) is 0 Å². The van der Waals surface area contributed by atoms with Crippen molar-refractivity contribution in [3.63, 3.8) is 0 Å². The standard InChI is InChI=1S/C14H12F2N2O/c1-8-10(3-2-4-13(8)17)14(19)18-9-5-6-11(15)12(16)7-9/h2-7H,17H2,1H3,(H,18,19). The monoisotopic (exact) mass is 262 g/mol. The van der Waals surface area contributed by atoms with Gasteiger partial charge in [0.25, 0.3) is 5.91 Å². The summed E-state index contributed by atoms with van der Waals surface area (Å²) >= 11 is 0.